The van der Waals surface area contributed by atoms with Crippen LogP contribution in [0.2, 0.25) is 0 Å². The molecule has 0 aromatic rings. The quantitative estimate of drug-likeness (QED) is 0.762. The molecule has 1 N–H and O–H groups in total. The van der Waals surface area contributed by atoms with Gasteiger partial charge in [-0.3, -0.25) is 0 Å². The van der Waals surface area contributed by atoms with Crippen LogP contribution in [0.4, 0.5) is 0 Å². The van der Waals surface area contributed by atoms with Gasteiger partial charge in [-0.2, -0.15) is 0 Å². The first-order valence-electron chi connectivity index (χ1n) is 6.27. The zero-order chi connectivity index (χ0) is 11.3. The highest BCUT2D eigenvalue weighted by molar-refractivity contribution is 4.70. The van der Waals surface area contributed by atoms with Gasteiger partial charge in [-0.05, 0) is 43.9 Å². The lowest BCUT2D eigenvalue weighted by molar-refractivity contribution is 0.0844. The molecule has 1 aliphatic rings. The van der Waals surface area contributed by atoms with Gasteiger partial charge in [0.2, 0.25) is 0 Å². The maximum atomic E-state index is 9.82. The molecule has 0 spiro atoms. The molecular formula is C13H26O2. The third-order valence-electron chi connectivity index (χ3n) is 2.94. The van der Waals surface area contributed by atoms with E-state index < -0.39 is 0 Å². The highest BCUT2D eigenvalue weighted by Crippen LogP contribution is 2.24. The molecule has 0 radical (unpaired) electrons. The second-order valence-electron chi connectivity index (χ2n) is 5.98. The van der Waals surface area contributed by atoms with Crippen molar-refractivity contribution in [3.8, 4) is 0 Å². The zero-order valence-corrected chi connectivity index (χ0v) is 10.5. The first kappa shape index (κ1) is 13.0. The van der Waals surface area contributed by atoms with Gasteiger partial charge in [-0.15, -0.1) is 0 Å². The highest BCUT2D eigenvalue weighted by Gasteiger charge is 2.18. The molecule has 0 aromatic heterocycles. The highest BCUT2D eigenvalue weighted by atomic mass is 16.5. The fourth-order valence-corrected chi connectivity index (χ4v) is 2.26. The third-order valence-corrected chi connectivity index (χ3v) is 2.94. The molecule has 2 heteroatoms. The first-order chi connectivity index (χ1) is 6.97. The van der Waals surface area contributed by atoms with Crippen LogP contribution in [0, 0.1) is 5.41 Å². The summed E-state index contributed by atoms with van der Waals surface area (Å²) in [5, 5.41) is 9.82. The maximum Gasteiger partial charge on any atom is 0.0576 e. The zero-order valence-electron chi connectivity index (χ0n) is 10.5. The van der Waals surface area contributed by atoms with E-state index in [0.29, 0.717) is 6.10 Å². The second kappa shape index (κ2) is 5.86. The van der Waals surface area contributed by atoms with Crippen molar-refractivity contribution in [2.45, 2.75) is 71.5 Å². The van der Waals surface area contributed by atoms with Gasteiger partial charge in [0.05, 0.1) is 12.2 Å². The Bertz CT molecular complexity index is 166. The van der Waals surface area contributed by atoms with E-state index >= 15 is 0 Å². The van der Waals surface area contributed by atoms with E-state index in [9.17, 15) is 5.11 Å². The molecule has 0 amide bonds. The Kier molecular flexibility index (Phi) is 5.07. The summed E-state index contributed by atoms with van der Waals surface area (Å²) in [7, 11) is 0. The van der Waals surface area contributed by atoms with Gasteiger partial charge in [-0.25, -0.2) is 0 Å². The molecule has 0 saturated carbocycles. The summed E-state index contributed by atoms with van der Waals surface area (Å²) in [6, 6.07) is 0. The monoisotopic (exact) mass is 214 g/mol. The average molecular weight is 214 g/mol. The standard InChI is InChI=1S/C13H26O2/c1-13(2,3)10-11(14)6-4-7-12-8-5-9-15-12/h11-12,14H,4-10H2,1-3H3. The van der Waals surface area contributed by atoms with Gasteiger partial charge in [0.15, 0.2) is 0 Å². The predicted molar refractivity (Wildman–Crippen MR) is 62.9 cm³/mol. The smallest absolute Gasteiger partial charge is 0.0576 e. The second-order valence-corrected chi connectivity index (χ2v) is 5.98. The lowest BCUT2D eigenvalue weighted by Gasteiger charge is -2.22. The Labute approximate surface area is 94.0 Å². The summed E-state index contributed by atoms with van der Waals surface area (Å²) >= 11 is 0. The molecule has 2 nitrogen and oxygen atoms in total. The normalized spacial score (nSPS) is 24.4. The summed E-state index contributed by atoms with van der Waals surface area (Å²) in [4.78, 5) is 0. The molecular weight excluding hydrogens is 188 g/mol. The van der Waals surface area contributed by atoms with Gasteiger partial charge < -0.3 is 9.84 Å². The lowest BCUT2D eigenvalue weighted by Crippen LogP contribution is -2.18. The topological polar surface area (TPSA) is 29.5 Å². The van der Waals surface area contributed by atoms with Crippen LogP contribution in [0.25, 0.3) is 0 Å². The maximum absolute atomic E-state index is 9.82. The molecule has 15 heavy (non-hydrogen) atoms. The van der Waals surface area contributed by atoms with E-state index in [1.807, 2.05) is 0 Å². The largest absolute Gasteiger partial charge is 0.393 e. The van der Waals surface area contributed by atoms with Gasteiger partial charge >= 0.3 is 0 Å². The number of aliphatic hydroxyl groups is 1. The fraction of sp³-hybridized carbons (Fsp3) is 1.00. The van der Waals surface area contributed by atoms with Crippen LogP contribution in [-0.4, -0.2) is 23.9 Å². The number of hydrogen-bond acceptors (Lipinski definition) is 2. The van der Waals surface area contributed by atoms with Crippen LogP contribution in [0.3, 0.4) is 0 Å². The van der Waals surface area contributed by atoms with Crippen molar-refractivity contribution in [3.05, 3.63) is 0 Å². The Balaban J connectivity index is 2.03. The number of hydrogen-bond donors (Lipinski definition) is 1. The van der Waals surface area contributed by atoms with Gasteiger partial charge in [0.25, 0.3) is 0 Å². The van der Waals surface area contributed by atoms with E-state index in [0.717, 1.165) is 32.3 Å². The third kappa shape index (κ3) is 6.16. The predicted octanol–water partition coefficient (Wildman–Crippen LogP) is 3.13. The summed E-state index contributed by atoms with van der Waals surface area (Å²) in [5.74, 6) is 0. The summed E-state index contributed by atoms with van der Waals surface area (Å²) in [6.07, 6.45) is 6.84. The van der Waals surface area contributed by atoms with Crippen LogP contribution in [0.15, 0.2) is 0 Å². The van der Waals surface area contributed by atoms with Crippen LogP contribution in [0.1, 0.15) is 59.3 Å². The minimum atomic E-state index is -0.133. The number of aliphatic hydroxyl groups excluding tert-OH is 1. The van der Waals surface area contributed by atoms with Crippen molar-refractivity contribution < 1.29 is 9.84 Å². The van der Waals surface area contributed by atoms with Gasteiger partial charge in [-0.1, -0.05) is 20.8 Å². The molecule has 0 aliphatic carbocycles. The molecule has 0 aromatic carbocycles. The fourth-order valence-electron chi connectivity index (χ4n) is 2.26. The average Bonchev–Trinajstić information content (AvgIpc) is 2.53. The first-order valence-corrected chi connectivity index (χ1v) is 6.27. The molecule has 0 bridgehead atoms. The molecule has 1 saturated heterocycles. The van der Waals surface area contributed by atoms with Crippen molar-refractivity contribution in [1.29, 1.82) is 0 Å². The van der Waals surface area contributed by atoms with Crippen molar-refractivity contribution in [2.75, 3.05) is 6.61 Å². The van der Waals surface area contributed by atoms with Gasteiger partial charge in [0, 0.05) is 6.61 Å². The van der Waals surface area contributed by atoms with E-state index in [1.165, 1.54) is 12.8 Å². The van der Waals surface area contributed by atoms with E-state index in [1.54, 1.807) is 0 Å². The Morgan fingerprint density at radius 3 is 2.67 bits per heavy atom. The van der Waals surface area contributed by atoms with Crippen molar-refractivity contribution in [2.24, 2.45) is 5.41 Å². The molecule has 2 atom stereocenters. The van der Waals surface area contributed by atoms with Crippen LogP contribution in [-0.2, 0) is 4.74 Å². The summed E-state index contributed by atoms with van der Waals surface area (Å²) in [5.41, 5.74) is 0.239. The van der Waals surface area contributed by atoms with Crippen LogP contribution >= 0.6 is 0 Å². The molecule has 1 heterocycles. The molecule has 1 rings (SSSR count). The Morgan fingerprint density at radius 1 is 1.40 bits per heavy atom. The van der Waals surface area contributed by atoms with Crippen molar-refractivity contribution >= 4 is 0 Å². The van der Waals surface area contributed by atoms with Gasteiger partial charge in [0.1, 0.15) is 0 Å². The Hall–Kier alpha value is -0.0800. The van der Waals surface area contributed by atoms with Crippen molar-refractivity contribution in [1.82, 2.24) is 0 Å². The van der Waals surface area contributed by atoms with Crippen molar-refractivity contribution in [3.63, 3.8) is 0 Å². The molecule has 90 valence electrons. The van der Waals surface area contributed by atoms with E-state index in [2.05, 4.69) is 20.8 Å². The van der Waals surface area contributed by atoms with Crippen LogP contribution in [0.5, 0.6) is 0 Å². The van der Waals surface area contributed by atoms with E-state index in [4.69, 9.17) is 4.74 Å². The van der Waals surface area contributed by atoms with Crippen LogP contribution < -0.4 is 0 Å². The number of ether oxygens (including phenoxy) is 1. The summed E-state index contributed by atoms with van der Waals surface area (Å²) < 4.78 is 5.55. The van der Waals surface area contributed by atoms with E-state index in [-0.39, 0.29) is 11.5 Å². The SMILES string of the molecule is CC(C)(C)CC(O)CCCC1CCCO1. The number of rotatable bonds is 5. The minimum Gasteiger partial charge on any atom is -0.393 e. The Morgan fingerprint density at radius 2 is 2.13 bits per heavy atom. The molecule has 1 aliphatic heterocycles. The minimum absolute atomic E-state index is 0.133. The molecule has 1 fully saturated rings. The lowest BCUT2D eigenvalue weighted by atomic mass is 9.87. The molecule has 2 unspecified atom stereocenters. The summed E-state index contributed by atoms with van der Waals surface area (Å²) in [6.45, 7) is 7.47.